The molecule has 1 amide bonds. The molecule has 0 spiro atoms. The minimum atomic E-state index is -0.866. The van der Waals surface area contributed by atoms with Crippen LogP contribution < -0.4 is 0 Å². The molecular formula is C22H27NO4. The highest BCUT2D eigenvalue weighted by Crippen LogP contribution is 2.32. The highest BCUT2D eigenvalue weighted by Gasteiger charge is 2.38. The van der Waals surface area contributed by atoms with Gasteiger partial charge in [-0.2, -0.15) is 0 Å². The highest BCUT2D eigenvalue weighted by molar-refractivity contribution is 5.83. The summed E-state index contributed by atoms with van der Waals surface area (Å²) in [5, 5.41) is 0. The number of likely N-dealkylation sites (N-methyl/N-ethyl adjacent to an activating group) is 1. The number of ether oxygens (including phenoxy) is 2. The Labute approximate surface area is 160 Å². The molecule has 0 aromatic heterocycles. The quantitative estimate of drug-likeness (QED) is 0.740. The van der Waals surface area contributed by atoms with Crippen molar-refractivity contribution in [2.24, 2.45) is 0 Å². The molecule has 0 aliphatic carbocycles. The summed E-state index contributed by atoms with van der Waals surface area (Å²) in [6, 6.07) is 18.4. The van der Waals surface area contributed by atoms with E-state index in [1.54, 1.807) is 27.8 Å². The van der Waals surface area contributed by atoms with Crippen LogP contribution in [0.2, 0.25) is 0 Å². The van der Waals surface area contributed by atoms with Crippen LogP contribution in [0.4, 0.5) is 4.79 Å². The molecule has 0 unspecified atom stereocenters. The van der Waals surface area contributed by atoms with Gasteiger partial charge in [0.25, 0.3) is 0 Å². The first-order valence-corrected chi connectivity index (χ1v) is 8.88. The zero-order valence-electron chi connectivity index (χ0n) is 16.5. The molecule has 1 atom stereocenters. The zero-order valence-corrected chi connectivity index (χ0v) is 16.5. The van der Waals surface area contributed by atoms with E-state index in [0.717, 1.165) is 11.1 Å². The Kier molecular flexibility index (Phi) is 6.61. The predicted molar refractivity (Wildman–Crippen MR) is 105 cm³/mol. The van der Waals surface area contributed by atoms with E-state index >= 15 is 0 Å². The van der Waals surface area contributed by atoms with Gasteiger partial charge in [-0.25, -0.2) is 9.59 Å². The van der Waals surface area contributed by atoms with Crippen molar-refractivity contribution in [3.63, 3.8) is 0 Å². The summed E-state index contributed by atoms with van der Waals surface area (Å²) < 4.78 is 10.5. The van der Waals surface area contributed by atoms with Crippen LogP contribution in [0.1, 0.15) is 37.8 Å². The van der Waals surface area contributed by atoms with Crippen molar-refractivity contribution in [2.75, 3.05) is 14.2 Å². The molecule has 2 aromatic rings. The van der Waals surface area contributed by atoms with Crippen molar-refractivity contribution in [3.05, 3.63) is 71.8 Å². The monoisotopic (exact) mass is 369 g/mol. The number of rotatable bonds is 5. The van der Waals surface area contributed by atoms with Gasteiger partial charge in [0.1, 0.15) is 11.6 Å². The molecule has 27 heavy (non-hydrogen) atoms. The first-order chi connectivity index (χ1) is 12.7. The van der Waals surface area contributed by atoms with Crippen LogP contribution in [-0.2, 0) is 14.3 Å². The first kappa shape index (κ1) is 20.5. The van der Waals surface area contributed by atoms with Gasteiger partial charge in [0, 0.05) is 13.0 Å². The smallest absolute Gasteiger partial charge is 0.410 e. The minimum absolute atomic E-state index is 0.391. The molecule has 0 fully saturated rings. The summed E-state index contributed by atoms with van der Waals surface area (Å²) in [6.07, 6.45) is -0.574. The maximum absolute atomic E-state index is 12.7. The number of hydrogen-bond donors (Lipinski definition) is 0. The molecule has 0 saturated carbocycles. The fourth-order valence-corrected chi connectivity index (χ4v) is 2.96. The molecule has 0 saturated heterocycles. The van der Waals surface area contributed by atoms with E-state index in [9.17, 15) is 9.59 Å². The van der Waals surface area contributed by atoms with Crippen LogP contribution in [0.3, 0.4) is 0 Å². The van der Waals surface area contributed by atoms with Gasteiger partial charge in [0.15, 0.2) is 0 Å². The molecule has 2 rings (SSSR count). The van der Waals surface area contributed by atoms with Crippen LogP contribution in [0, 0.1) is 0 Å². The van der Waals surface area contributed by atoms with E-state index in [-0.39, 0.29) is 0 Å². The molecule has 0 N–H and O–H groups in total. The van der Waals surface area contributed by atoms with Gasteiger partial charge >= 0.3 is 12.1 Å². The van der Waals surface area contributed by atoms with E-state index in [0.29, 0.717) is 0 Å². The molecule has 2 aromatic carbocycles. The Morgan fingerprint density at radius 2 is 1.33 bits per heavy atom. The van der Waals surface area contributed by atoms with Crippen molar-refractivity contribution in [2.45, 2.75) is 38.3 Å². The Bertz CT molecular complexity index is 713. The van der Waals surface area contributed by atoms with E-state index in [1.165, 1.54) is 12.0 Å². The van der Waals surface area contributed by atoms with Crippen molar-refractivity contribution >= 4 is 12.1 Å². The fourth-order valence-electron chi connectivity index (χ4n) is 2.96. The van der Waals surface area contributed by atoms with Crippen LogP contribution in [-0.4, -0.2) is 42.8 Å². The van der Waals surface area contributed by atoms with E-state index < -0.39 is 29.6 Å². The van der Waals surface area contributed by atoms with Gasteiger partial charge in [-0.3, -0.25) is 4.90 Å². The number of amides is 1. The van der Waals surface area contributed by atoms with E-state index in [1.807, 2.05) is 60.7 Å². The minimum Gasteiger partial charge on any atom is -0.467 e. The maximum atomic E-state index is 12.7. The lowest BCUT2D eigenvalue weighted by Crippen LogP contribution is -2.48. The summed E-state index contributed by atoms with van der Waals surface area (Å²) in [4.78, 5) is 26.7. The third-order valence-corrected chi connectivity index (χ3v) is 4.17. The third kappa shape index (κ3) is 5.33. The topological polar surface area (TPSA) is 55.8 Å². The molecule has 144 valence electrons. The lowest BCUT2D eigenvalue weighted by atomic mass is 9.84. The molecular weight excluding hydrogens is 342 g/mol. The van der Waals surface area contributed by atoms with Gasteiger partial charge in [0.05, 0.1) is 7.11 Å². The summed E-state index contributed by atoms with van der Waals surface area (Å²) in [5.41, 5.74) is 1.16. The molecule has 5 nitrogen and oxygen atoms in total. The Morgan fingerprint density at radius 1 is 0.889 bits per heavy atom. The number of carbonyl (C=O) groups is 2. The van der Waals surface area contributed by atoms with E-state index in [4.69, 9.17) is 9.47 Å². The van der Waals surface area contributed by atoms with Crippen LogP contribution >= 0.6 is 0 Å². The maximum Gasteiger partial charge on any atom is 0.410 e. The summed E-state index contributed by atoms with van der Waals surface area (Å²) in [7, 11) is 2.89. The van der Waals surface area contributed by atoms with Crippen molar-refractivity contribution < 1.29 is 19.1 Å². The molecule has 0 heterocycles. The average Bonchev–Trinajstić information content (AvgIpc) is 2.65. The number of benzene rings is 2. The predicted octanol–water partition coefficient (Wildman–Crippen LogP) is 4.23. The average molecular weight is 369 g/mol. The van der Waals surface area contributed by atoms with Crippen LogP contribution in [0.5, 0.6) is 0 Å². The van der Waals surface area contributed by atoms with E-state index in [2.05, 4.69) is 0 Å². The Morgan fingerprint density at radius 3 is 1.70 bits per heavy atom. The molecule has 0 aliphatic heterocycles. The Hall–Kier alpha value is -2.82. The molecule has 0 radical (unpaired) electrons. The number of nitrogens with zero attached hydrogens (tertiary/aromatic N) is 1. The number of esters is 1. The van der Waals surface area contributed by atoms with Crippen molar-refractivity contribution in [3.8, 4) is 0 Å². The fraction of sp³-hybridized carbons (Fsp3) is 0.364. The van der Waals surface area contributed by atoms with Crippen LogP contribution in [0.25, 0.3) is 0 Å². The third-order valence-electron chi connectivity index (χ3n) is 4.17. The molecule has 5 heteroatoms. The van der Waals surface area contributed by atoms with Gasteiger partial charge in [-0.05, 0) is 31.9 Å². The van der Waals surface area contributed by atoms with Gasteiger partial charge in [-0.1, -0.05) is 60.7 Å². The van der Waals surface area contributed by atoms with Crippen LogP contribution in [0.15, 0.2) is 60.7 Å². The second-order valence-electron chi connectivity index (χ2n) is 7.36. The molecule has 0 aliphatic rings. The second-order valence-corrected chi connectivity index (χ2v) is 7.36. The first-order valence-electron chi connectivity index (χ1n) is 8.88. The van der Waals surface area contributed by atoms with Crippen molar-refractivity contribution in [1.82, 2.24) is 4.90 Å². The number of methoxy groups -OCH3 is 1. The highest BCUT2D eigenvalue weighted by atomic mass is 16.6. The Balaban J connectivity index is 2.52. The molecule has 0 bridgehead atoms. The lowest BCUT2D eigenvalue weighted by molar-refractivity contribution is -0.146. The summed E-state index contributed by atoms with van der Waals surface area (Å²) in [5.74, 6) is -0.890. The SMILES string of the molecule is COC(=O)[C@@H](C(c1ccccc1)c1ccccc1)N(C)C(=O)OC(C)(C)C. The standard InChI is InChI=1S/C22H27NO4/c1-22(2,3)27-21(25)23(4)19(20(24)26-5)18(16-12-8-6-9-13-16)17-14-10-7-11-15-17/h6-15,18-19H,1-5H3/t19-/m1/s1. The zero-order chi connectivity index (χ0) is 20.0. The number of hydrogen-bond acceptors (Lipinski definition) is 4. The van der Waals surface area contributed by atoms with Gasteiger partial charge < -0.3 is 9.47 Å². The largest absolute Gasteiger partial charge is 0.467 e. The van der Waals surface area contributed by atoms with Crippen molar-refractivity contribution in [1.29, 1.82) is 0 Å². The summed E-state index contributed by atoms with van der Waals surface area (Å²) >= 11 is 0. The lowest BCUT2D eigenvalue weighted by Gasteiger charge is -2.34. The summed E-state index contributed by atoms with van der Waals surface area (Å²) in [6.45, 7) is 5.37. The van der Waals surface area contributed by atoms with Gasteiger partial charge in [0.2, 0.25) is 0 Å². The normalized spacial score (nSPS) is 12.4. The second kappa shape index (κ2) is 8.71. The van der Waals surface area contributed by atoms with Gasteiger partial charge in [-0.15, -0.1) is 0 Å². The number of carbonyl (C=O) groups excluding carboxylic acids is 2.